The number of nitrogen functional groups attached to an aromatic ring is 2. The highest BCUT2D eigenvalue weighted by Crippen LogP contribution is 2.62. The smallest absolute Gasteiger partial charge is 0.251 e. The van der Waals surface area contributed by atoms with Crippen LogP contribution in [0.15, 0.2) is 18.2 Å². The molecular formula is C14H21N3O. The van der Waals surface area contributed by atoms with E-state index in [1.807, 2.05) is 0 Å². The summed E-state index contributed by atoms with van der Waals surface area (Å²) in [4.78, 5) is 12.2. The summed E-state index contributed by atoms with van der Waals surface area (Å²) in [5, 5.41) is 3.06. The molecule has 18 heavy (non-hydrogen) atoms. The van der Waals surface area contributed by atoms with E-state index in [1.54, 1.807) is 18.2 Å². The van der Waals surface area contributed by atoms with Crippen molar-refractivity contribution in [2.24, 2.45) is 10.8 Å². The second kappa shape index (κ2) is 3.64. The van der Waals surface area contributed by atoms with Crippen LogP contribution >= 0.6 is 0 Å². The molecule has 0 aliphatic heterocycles. The van der Waals surface area contributed by atoms with Crippen LogP contribution in [0.3, 0.4) is 0 Å². The van der Waals surface area contributed by atoms with Crippen LogP contribution in [0, 0.1) is 10.8 Å². The third-order valence-corrected chi connectivity index (χ3v) is 4.54. The van der Waals surface area contributed by atoms with Gasteiger partial charge in [0.05, 0.1) is 0 Å². The Balaban J connectivity index is 2.15. The standard InChI is InChI=1S/C14H21N3O/c1-13(2)12(14(13,3)4)17-11(18)8-5-9(15)7-10(16)6-8/h5-7,12H,15-16H2,1-4H3,(H,17,18). The zero-order valence-corrected chi connectivity index (χ0v) is 11.4. The van der Waals surface area contributed by atoms with Gasteiger partial charge in [-0.1, -0.05) is 27.7 Å². The van der Waals surface area contributed by atoms with Crippen molar-refractivity contribution in [1.82, 2.24) is 5.32 Å². The second-order valence-electron chi connectivity index (χ2n) is 6.24. The Morgan fingerprint density at radius 3 is 1.89 bits per heavy atom. The van der Waals surface area contributed by atoms with Crippen molar-refractivity contribution in [2.45, 2.75) is 33.7 Å². The van der Waals surface area contributed by atoms with Crippen molar-refractivity contribution < 1.29 is 4.79 Å². The molecule has 4 nitrogen and oxygen atoms in total. The van der Waals surface area contributed by atoms with Gasteiger partial charge in [0.25, 0.3) is 5.91 Å². The number of hydrogen-bond donors (Lipinski definition) is 3. The van der Waals surface area contributed by atoms with E-state index in [-0.39, 0.29) is 22.8 Å². The summed E-state index contributed by atoms with van der Waals surface area (Å²) in [6.45, 7) is 8.63. The maximum absolute atomic E-state index is 12.2. The molecule has 0 bridgehead atoms. The largest absolute Gasteiger partial charge is 0.399 e. The van der Waals surface area contributed by atoms with Crippen LogP contribution in [0.2, 0.25) is 0 Å². The number of nitrogens with one attached hydrogen (secondary N) is 1. The Labute approximate surface area is 108 Å². The maximum atomic E-state index is 12.2. The molecule has 4 heteroatoms. The fraction of sp³-hybridized carbons (Fsp3) is 0.500. The van der Waals surface area contributed by atoms with Crippen LogP contribution in [-0.2, 0) is 0 Å². The number of carbonyl (C=O) groups is 1. The molecular weight excluding hydrogens is 226 g/mol. The first kappa shape index (κ1) is 12.7. The molecule has 5 N–H and O–H groups in total. The van der Waals surface area contributed by atoms with Gasteiger partial charge in [0.15, 0.2) is 0 Å². The van der Waals surface area contributed by atoms with Crippen molar-refractivity contribution in [3.63, 3.8) is 0 Å². The lowest BCUT2D eigenvalue weighted by Crippen LogP contribution is -2.29. The lowest BCUT2D eigenvalue weighted by molar-refractivity contribution is 0.0943. The fourth-order valence-corrected chi connectivity index (χ4v) is 2.58. The molecule has 2 rings (SSSR count). The SMILES string of the molecule is CC1(C)C(NC(=O)c2cc(N)cc(N)c2)C1(C)C. The van der Waals surface area contributed by atoms with Crippen molar-refractivity contribution in [2.75, 3.05) is 11.5 Å². The van der Waals surface area contributed by atoms with E-state index in [0.29, 0.717) is 16.9 Å². The minimum absolute atomic E-state index is 0.113. The van der Waals surface area contributed by atoms with Crippen LogP contribution in [-0.4, -0.2) is 11.9 Å². The first-order valence-electron chi connectivity index (χ1n) is 6.13. The Kier molecular flexibility index (Phi) is 2.58. The quantitative estimate of drug-likeness (QED) is 0.699. The topological polar surface area (TPSA) is 81.1 Å². The van der Waals surface area contributed by atoms with E-state index in [2.05, 4.69) is 33.0 Å². The summed E-state index contributed by atoms with van der Waals surface area (Å²) < 4.78 is 0. The van der Waals surface area contributed by atoms with Gasteiger partial charge in [0, 0.05) is 23.0 Å². The molecule has 98 valence electrons. The monoisotopic (exact) mass is 247 g/mol. The number of nitrogens with two attached hydrogens (primary N) is 2. The zero-order valence-electron chi connectivity index (χ0n) is 11.4. The predicted molar refractivity (Wildman–Crippen MR) is 74.1 cm³/mol. The van der Waals surface area contributed by atoms with Crippen LogP contribution in [0.4, 0.5) is 11.4 Å². The molecule has 0 aromatic heterocycles. The third kappa shape index (κ3) is 1.82. The average molecular weight is 247 g/mol. The van der Waals surface area contributed by atoms with Gasteiger partial charge in [-0.2, -0.15) is 0 Å². The normalized spacial score (nSPS) is 20.4. The van der Waals surface area contributed by atoms with E-state index >= 15 is 0 Å². The maximum Gasteiger partial charge on any atom is 0.251 e. The molecule has 1 fully saturated rings. The highest BCUT2D eigenvalue weighted by molar-refractivity contribution is 5.96. The van der Waals surface area contributed by atoms with Gasteiger partial charge in [0.2, 0.25) is 0 Å². The number of amides is 1. The Morgan fingerprint density at radius 1 is 1.06 bits per heavy atom. The third-order valence-electron chi connectivity index (χ3n) is 4.54. The first-order chi connectivity index (χ1) is 8.16. The molecule has 0 atom stereocenters. The highest BCUT2D eigenvalue weighted by atomic mass is 16.1. The van der Waals surface area contributed by atoms with E-state index in [9.17, 15) is 4.79 Å². The second-order valence-corrected chi connectivity index (χ2v) is 6.24. The van der Waals surface area contributed by atoms with Gasteiger partial charge in [-0.05, 0) is 29.0 Å². The summed E-state index contributed by atoms with van der Waals surface area (Å²) in [5.41, 5.74) is 13.2. The molecule has 0 radical (unpaired) electrons. The first-order valence-corrected chi connectivity index (χ1v) is 6.13. The van der Waals surface area contributed by atoms with Crippen LogP contribution in [0.5, 0.6) is 0 Å². The average Bonchev–Trinajstić information content (AvgIpc) is 2.59. The molecule has 1 aliphatic rings. The van der Waals surface area contributed by atoms with Gasteiger partial charge in [0.1, 0.15) is 0 Å². The molecule has 0 spiro atoms. The van der Waals surface area contributed by atoms with E-state index in [0.717, 1.165) is 0 Å². The molecule has 0 heterocycles. The van der Waals surface area contributed by atoms with Gasteiger partial charge >= 0.3 is 0 Å². The van der Waals surface area contributed by atoms with Gasteiger partial charge in [-0.3, -0.25) is 4.79 Å². The van der Waals surface area contributed by atoms with Crippen LogP contribution in [0.1, 0.15) is 38.1 Å². The Morgan fingerprint density at radius 2 is 1.50 bits per heavy atom. The number of anilines is 2. The molecule has 1 saturated carbocycles. The molecule has 1 aromatic rings. The van der Waals surface area contributed by atoms with Crippen molar-refractivity contribution in [3.05, 3.63) is 23.8 Å². The molecule has 1 aliphatic carbocycles. The number of carbonyl (C=O) groups excluding carboxylic acids is 1. The van der Waals surface area contributed by atoms with Crippen molar-refractivity contribution in [1.29, 1.82) is 0 Å². The molecule has 1 amide bonds. The van der Waals surface area contributed by atoms with Crippen molar-refractivity contribution in [3.8, 4) is 0 Å². The van der Waals surface area contributed by atoms with Crippen molar-refractivity contribution >= 4 is 17.3 Å². The van der Waals surface area contributed by atoms with E-state index < -0.39 is 0 Å². The summed E-state index contributed by atoms with van der Waals surface area (Å²) in [7, 11) is 0. The minimum atomic E-state index is -0.113. The summed E-state index contributed by atoms with van der Waals surface area (Å²) in [6.07, 6.45) is 0. The predicted octanol–water partition coefficient (Wildman–Crippen LogP) is 2.02. The summed E-state index contributed by atoms with van der Waals surface area (Å²) in [5.74, 6) is -0.113. The minimum Gasteiger partial charge on any atom is -0.399 e. The van der Waals surface area contributed by atoms with Crippen LogP contribution < -0.4 is 16.8 Å². The lowest BCUT2D eigenvalue weighted by Gasteiger charge is -2.08. The van der Waals surface area contributed by atoms with Gasteiger partial charge < -0.3 is 16.8 Å². The zero-order chi connectivity index (χ0) is 13.7. The fourth-order valence-electron chi connectivity index (χ4n) is 2.58. The van der Waals surface area contributed by atoms with Crippen LogP contribution in [0.25, 0.3) is 0 Å². The number of hydrogen-bond acceptors (Lipinski definition) is 3. The molecule has 0 unspecified atom stereocenters. The van der Waals surface area contributed by atoms with E-state index in [1.165, 1.54) is 0 Å². The summed E-state index contributed by atoms with van der Waals surface area (Å²) >= 11 is 0. The summed E-state index contributed by atoms with van der Waals surface area (Å²) in [6, 6.07) is 5.12. The Bertz CT molecular complexity index is 472. The van der Waals surface area contributed by atoms with Gasteiger partial charge in [-0.25, -0.2) is 0 Å². The molecule has 1 aromatic carbocycles. The molecule has 0 saturated heterocycles. The number of benzene rings is 1. The Hall–Kier alpha value is -1.71. The van der Waals surface area contributed by atoms with Gasteiger partial charge in [-0.15, -0.1) is 0 Å². The number of rotatable bonds is 2. The van der Waals surface area contributed by atoms with E-state index in [4.69, 9.17) is 11.5 Å². The lowest BCUT2D eigenvalue weighted by atomic mass is 10.0. The highest BCUT2D eigenvalue weighted by Gasteiger charge is 2.65.